The summed E-state index contributed by atoms with van der Waals surface area (Å²) in [4.78, 5) is 26.2. The van der Waals surface area contributed by atoms with Gasteiger partial charge in [-0.15, -0.1) is 0 Å². The average Bonchev–Trinajstić information content (AvgIpc) is 2.99. The van der Waals surface area contributed by atoms with Crippen LogP contribution in [0.5, 0.6) is 0 Å². The van der Waals surface area contributed by atoms with E-state index in [0.717, 1.165) is 16.5 Å². The molecule has 0 saturated heterocycles. The van der Waals surface area contributed by atoms with E-state index in [1.807, 2.05) is 19.1 Å². The molecule has 0 bridgehead atoms. The standard InChI is InChI=1S/C21H18N2O4S/c1-2-23-17-10-11-18(15-8-5-9-16(19(15)17)20(23)24)28(27)22-12-13-6-3-4-7-14(13)21(25)26/h3-11,22H,2,12H2,1H3,(H,25,26). The molecule has 0 aliphatic carbocycles. The number of aromatic carboxylic acids is 1. The van der Waals surface area contributed by atoms with Crippen LogP contribution in [0.3, 0.4) is 0 Å². The first kappa shape index (κ1) is 18.3. The van der Waals surface area contributed by atoms with Crippen LogP contribution in [0.1, 0.15) is 33.2 Å². The Morgan fingerprint density at radius 3 is 2.64 bits per heavy atom. The van der Waals surface area contributed by atoms with E-state index in [4.69, 9.17) is 0 Å². The summed E-state index contributed by atoms with van der Waals surface area (Å²) in [6.45, 7) is 2.64. The number of nitrogens with one attached hydrogen (secondary N) is 1. The Bertz CT molecular complexity index is 1140. The van der Waals surface area contributed by atoms with Gasteiger partial charge in [-0.05, 0) is 36.8 Å². The third kappa shape index (κ3) is 2.89. The molecule has 1 aliphatic heterocycles. The molecule has 7 heteroatoms. The Kier molecular flexibility index (Phi) is 4.70. The molecule has 1 heterocycles. The number of rotatable bonds is 6. The minimum Gasteiger partial charge on any atom is -0.478 e. The smallest absolute Gasteiger partial charge is 0.336 e. The number of amides is 1. The molecule has 3 aromatic carbocycles. The molecule has 28 heavy (non-hydrogen) atoms. The molecule has 0 radical (unpaired) electrons. The van der Waals surface area contributed by atoms with Crippen molar-refractivity contribution in [1.82, 2.24) is 4.72 Å². The highest BCUT2D eigenvalue weighted by atomic mass is 32.2. The van der Waals surface area contributed by atoms with E-state index in [-0.39, 0.29) is 18.0 Å². The van der Waals surface area contributed by atoms with Gasteiger partial charge in [0.15, 0.2) is 0 Å². The van der Waals surface area contributed by atoms with Crippen LogP contribution in [-0.4, -0.2) is 27.7 Å². The Labute approximate surface area is 164 Å². The van der Waals surface area contributed by atoms with Crippen LogP contribution in [0.2, 0.25) is 0 Å². The quantitative estimate of drug-likeness (QED) is 0.671. The summed E-state index contributed by atoms with van der Waals surface area (Å²) in [7, 11) is -1.57. The highest BCUT2D eigenvalue weighted by molar-refractivity contribution is 7.83. The van der Waals surface area contributed by atoms with E-state index in [9.17, 15) is 18.9 Å². The van der Waals surface area contributed by atoms with Crippen molar-refractivity contribution >= 4 is 39.3 Å². The Hall–Kier alpha value is -3.03. The lowest BCUT2D eigenvalue weighted by Gasteiger charge is -2.15. The van der Waals surface area contributed by atoms with Crippen LogP contribution >= 0.6 is 0 Å². The van der Waals surface area contributed by atoms with E-state index in [2.05, 4.69) is 4.72 Å². The lowest BCUT2D eigenvalue weighted by molar-refractivity contribution is 0.0695. The third-order valence-corrected chi connectivity index (χ3v) is 6.06. The SMILES string of the molecule is CCN1C(=O)c2cccc3c(S(=O)NCc4ccccc4C(=O)O)ccc1c23. The number of carbonyl (C=O) groups is 2. The Morgan fingerprint density at radius 2 is 1.89 bits per heavy atom. The summed E-state index contributed by atoms with van der Waals surface area (Å²) in [6, 6.07) is 15.6. The predicted molar refractivity (Wildman–Crippen MR) is 108 cm³/mol. The summed E-state index contributed by atoms with van der Waals surface area (Å²) >= 11 is 0. The number of carboxylic acids is 1. The summed E-state index contributed by atoms with van der Waals surface area (Å²) in [5, 5.41) is 10.9. The summed E-state index contributed by atoms with van der Waals surface area (Å²) < 4.78 is 15.9. The van der Waals surface area contributed by atoms with Crippen LogP contribution in [0, 0.1) is 0 Å². The van der Waals surface area contributed by atoms with Crippen molar-refractivity contribution in [1.29, 1.82) is 0 Å². The number of nitrogens with zero attached hydrogens (tertiary/aromatic N) is 1. The van der Waals surface area contributed by atoms with Gasteiger partial charge in [0.25, 0.3) is 5.91 Å². The number of carboxylic acid groups (broad SMARTS) is 1. The maximum Gasteiger partial charge on any atom is 0.336 e. The zero-order chi connectivity index (χ0) is 19.8. The minimum atomic E-state index is -1.57. The third-order valence-electron chi connectivity index (χ3n) is 4.90. The van der Waals surface area contributed by atoms with Gasteiger partial charge in [0.05, 0.1) is 16.1 Å². The second-order valence-electron chi connectivity index (χ2n) is 6.41. The van der Waals surface area contributed by atoms with E-state index >= 15 is 0 Å². The van der Waals surface area contributed by atoms with E-state index in [0.29, 0.717) is 22.6 Å². The predicted octanol–water partition coefficient (Wildman–Crippen LogP) is 3.33. The molecule has 2 N–H and O–H groups in total. The molecule has 6 nitrogen and oxygen atoms in total. The van der Waals surface area contributed by atoms with Gasteiger partial charge in [-0.25, -0.2) is 13.7 Å². The molecule has 0 spiro atoms. The molecule has 1 aliphatic rings. The molecule has 0 fully saturated rings. The molecule has 1 amide bonds. The van der Waals surface area contributed by atoms with Gasteiger partial charge in [-0.1, -0.05) is 30.3 Å². The molecule has 3 aromatic rings. The monoisotopic (exact) mass is 394 g/mol. The zero-order valence-electron chi connectivity index (χ0n) is 15.1. The molecule has 4 rings (SSSR count). The number of benzene rings is 3. The molecular weight excluding hydrogens is 376 g/mol. The fourth-order valence-corrected chi connectivity index (χ4v) is 4.60. The van der Waals surface area contributed by atoms with Gasteiger partial charge in [0.2, 0.25) is 0 Å². The molecule has 0 saturated carbocycles. The lowest BCUT2D eigenvalue weighted by atomic mass is 10.1. The van der Waals surface area contributed by atoms with Crippen molar-refractivity contribution in [3.63, 3.8) is 0 Å². The molecule has 0 aromatic heterocycles. The van der Waals surface area contributed by atoms with Crippen LogP contribution < -0.4 is 9.62 Å². The molecule has 1 atom stereocenters. The van der Waals surface area contributed by atoms with Crippen molar-refractivity contribution in [3.05, 3.63) is 71.3 Å². The van der Waals surface area contributed by atoms with Crippen LogP contribution in [0.25, 0.3) is 10.8 Å². The Balaban J connectivity index is 1.68. The highest BCUT2D eigenvalue weighted by Crippen LogP contribution is 2.39. The molecular formula is C21H18N2O4S. The molecule has 1 unspecified atom stereocenters. The lowest BCUT2D eigenvalue weighted by Crippen LogP contribution is -2.25. The summed E-state index contributed by atoms with van der Waals surface area (Å²) in [5.74, 6) is -1.07. The number of anilines is 1. The maximum absolute atomic E-state index is 12.9. The normalized spacial score (nSPS) is 13.9. The van der Waals surface area contributed by atoms with Crippen LogP contribution in [-0.2, 0) is 17.5 Å². The largest absolute Gasteiger partial charge is 0.478 e. The van der Waals surface area contributed by atoms with E-state index < -0.39 is 17.0 Å². The van der Waals surface area contributed by atoms with E-state index in [1.54, 1.807) is 41.3 Å². The minimum absolute atomic E-state index is 0.0469. The van der Waals surface area contributed by atoms with Gasteiger partial charge in [-0.3, -0.25) is 4.79 Å². The van der Waals surface area contributed by atoms with Crippen LogP contribution in [0.15, 0.2) is 59.5 Å². The maximum atomic E-state index is 12.9. The highest BCUT2D eigenvalue weighted by Gasteiger charge is 2.29. The fraction of sp³-hybridized carbons (Fsp3) is 0.143. The Morgan fingerprint density at radius 1 is 1.11 bits per heavy atom. The first-order valence-electron chi connectivity index (χ1n) is 8.87. The number of hydrogen-bond acceptors (Lipinski definition) is 3. The first-order valence-corrected chi connectivity index (χ1v) is 10.0. The van der Waals surface area contributed by atoms with Crippen molar-refractivity contribution in [3.8, 4) is 0 Å². The van der Waals surface area contributed by atoms with Crippen molar-refractivity contribution in [2.75, 3.05) is 11.4 Å². The number of hydrogen-bond donors (Lipinski definition) is 2. The van der Waals surface area contributed by atoms with Gasteiger partial charge < -0.3 is 10.0 Å². The van der Waals surface area contributed by atoms with Gasteiger partial charge in [0, 0.05) is 29.4 Å². The van der Waals surface area contributed by atoms with Crippen LogP contribution in [0.4, 0.5) is 5.69 Å². The summed E-state index contributed by atoms with van der Waals surface area (Å²) in [6.07, 6.45) is 0. The fourth-order valence-electron chi connectivity index (χ4n) is 3.60. The molecule has 142 valence electrons. The van der Waals surface area contributed by atoms with Crippen molar-refractivity contribution < 1.29 is 18.9 Å². The second-order valence-corrected chi connectivity index (χ2v) is 7.68. The topological polar surface area (TPSA) is 86.7 Å². The average molecular weight is 394 g/mol. The van der Waals surface area contributed by atoms with Gasteiger partial charge in [0.1, 0.15) is 11.0 Å². The summed E-state index contributed by atoms with van der Waals surface area (Å²) in [5.41, 5.74) is 2.18. The van der Waals surface area contributed by atoms with Gasteiger partial charge >= 0.3 is 5.97 Å². The van der Waals surface area contributed by atoms with Crippen molar-refractivity contribution in [2.24, 2.45) is 0 Å². The van der Waals surface area contributed by atoms with Gasteiger partial charge in [-0.2, -0.15) is 0 Å². The van der Waals surface area contributed by atoms with Crippen molar-refractivity contribution in [2.45, 2.75) is 18.4 Å². The van der Waals surface area contributed by atoms with E-state index in [1.165, 1.54) is 6.07 Å². The second kappa shape index (κ2) is 7.18. The number of carbonyl (C=O) groups excluding carboxylic acids is 1. The first-order chi connectivity index (χ1) is 13.5. The zero-order valence-corrected chi connectivity index (χ0v) is 16.0.